The zero-order valence-corrected chi connectivity index (χ0v) is 19.9. The predicted octanol–water partition coefficient (Wildman–Crippen LogP) is 5.95. The van der Waals surface area contributed by atoms with Crippen LogP contribution in [0.15, 0.2) is 85.0 Å². The van der Waals surface area contributed by atoms with Gasteiger partial charge in [0.25, 0.3) is 0 Å². The Morgan fingerprint density at radius 2 is 1.91 bits per heavy atom. The molecule has 0 saturated heterocycles. The number of aromatic nitrogens is 3. The molecule has 0 aliphatic carbocycles. The third kappa shape index (κ3) is 4.33. The van der Waals surface area contributed by atoms with E-state index in [1.165, 1.54) is 0 Å². The Hall–Kier alpha value is -3.34. The van der Waals surface area contributed by atoms with E-state index in [1.807, 2.05) is 56.6 Å². The molecule has 2 heterocycles. The first-order valence-corrected chi connectivity index (χ1v) is 10.7. The lowest BCUT2D eigenvalue weighted by molar-refractivity contribution is -0.115. The lowest BCUT2D eigenvalue weighted by Crippen LogP contribution is -2.36. The number of carbonyl (C=O) groups is 1. The molecule has 0 amide bonds. The molecule has 2 atom stereocenters. The Kier molecular flexibility index (Phi) is 7.68. The van der Waals surface area contributed by atoms with Gasteiger partial charge in [-0.05, 0) is 37.8 Å². The number of aryl methyl sites for hydroxylation is 1. The van der Waals surface area contributed by atoms with Crippen LogP contribution in [0.25, 0.3) is 5.70 Å². The first-order chi connectivity index (χ1) is 15.2. The van der Waals surface area contributed by atoms with E-state index >= 15 is 0 Å². The van der Waals surface area contributed by atoms with Crippen molar-refractivity contribution in [2.24, 2.45) is 16.3 Å². The first kappa shape index (κ1) is 24.9. The molecule has 0 aromatic carbocycles. The van der Waals surface area contributed by atoms with E-state index < -0.39 is 11.0 Å². The van der Waals surface area contributed by atoms with Gasteiger partial charge in [0.15, 0.2) is 5.82 Å². The summed E-state index contributed by atoms with van der Waals surface area (Å²) >= 11 is 0. The maximum atomic E-state index is 11.7. The maximum Gasteiger partial charge on any atom is 0.169 e. The zero-order chi connectivity index (χ0) is 24.1. The van der Waals surface area contributed by atoms with Crippen molar-refractivity contribution >= 4 is 17.7 Å². The smallest absolute Gasteiger partial charge is 0.169 e. The van der Waals surface area contributed by atoms with Gasteiger partial charge in [-0.25, -0.2) is 0 Å². The monoisotopic (exact) mass is 430 g/mol. The Bertz CT molecular complexity index is 1060. The van der Waals surface area contributed by atoms with Crippen LogP contribution in [0.2, 0.25) is 0 Å². The summed E-state index contributed by atoms with van der Waals surface area (Å²) in [4.78, 5) is 17.0. The van der Waals surface area contributed by atoms with Crippen LogP contribution in [-0.2, 0) is 10.3 Å². The van der Waals surface area contributed by atoms with Crippen LogP contribution >= 0.6 is 0 Å². The molecule has 0 bridgehead atoms. The second-order valence-electron chi connectivity index (χ2n) is 8.67. The normalized spacial score (nSPS) is 20.3. The molecule has 5 heteroatoms. The fourth-order valence-electron chi connectivity index (χ4n) is 4.22. The van der Waals surface area contributed by atoms with Gasteiger partial charge in [0, 0.05) is 11.0 Å². The average Bonchev–Trinajstić information content (AvgIpc) is 3.09. The van der Waals surface area contributed by atoms with Crippen LogP contribution in [0.1, 0.15) is 45.8 Å². The zero-order valence-electron chi connectivity index (χ0n) is 19.9. The van der Waals surface area contributed by atoms with E-state index in [-0.39, 0.29) is 5.92 Å². The molecule has 5 nitrogen and oxygen atoms in total. The molecule has 32 heavy (non-hydrogen) atoms. The number of aliphatic imine (C=N–C) groups is 1. The van der Waals surface area contributed by atoms with Gasteiger partial charge in [-0.3, -0.25) is 9.56 Å². The summed E-state index contributed by atoms with van der Waals surface area (Å²) in [6.07, 6.45) is 14.5. The Labute approximate surface area is 192 Å². The number of rotatable bonds is 10. The molecular formula is C27H34N4O. The van der Waals surface area contributed by atoms with Crippen molar-refractivity contribution in [2.45, 2.75) is 46.6 Å². The molecule has 2 unspecified atom stereocenters. The second-order valence-corrected chi connectivity index (χ2v) is 8.67. The van der Waals surface area contributed by atoms with Crippen LogP contribution in [0, 0.1) is 18.3 Å². The van der Waals surface area contributed by atoms with E-state index in [9.17, 15) is 4.79 Å². The van der Waals surface area contributed by atoms with Crippen molar-refractivity contribution in [3.8, 4) is 0 Å². The van der Waals surface area contributed by atoms with E-state index in [4.69, 9.17) is 4.99 Å². The van der Waals surface area contributed by atoms with Gasteiger partial charge in [-0.1, -0.05) is 77.0 Å². The molecular weight excluding hydrogens is 396 g/mol. The van der Waals surface area contributed by atoms with Crippen LogP contribution in [-0.4, -0.2) is 26.8 Å². The van der Waals surface area contributed by atoms with Gasteiger partial charge in [-0.15, -0.1) is 16.8 Å². The molecule has 1 aromatic heterocycles. The number of aldehydes is 1. The van der Waals surface area contributed by atoms with E-state index in [0.717, 1.165) is 29.0 Å². The van der Waals surface area contributed by atoms with Crippen molar-refractivity contribution in [3.63, 3.8) is 0 Å². The molecule has 0 saturated carbocycles. The summed E-state index contributed by atoms with van der Waals surface area (Å²) in [6, 6.07) is 0. The molecule has 1 aliphatic heterocycles. The maximum absolute atomic E-state index is 11.7. The summed E-state index contributed by atoms with van der Waals surface area (Å²) in [7, 11) is 0. The third-order valence-corrected chi connectivity index (χ3v) is 5.79. The molecule has 1 aromatic rings. The number of hydrogen-bond acceptors (Lipinski definition) is 4. The predicted molar refractivity (Wildman–Crippen MR) is 134 cm³/mol. The molecule has 0 spiro atoms. The van der Waals surface area contributed by atoms with Crippen LogP contribution in [0.4, 0.5) is 0 Å². The largest absolute Gasteiger partial charge is 0.303 e. The average molecular weight is 431 g/mol. The quantitative estimate of drug-likeness (QED) is 0.262. The molecule has 0 N–H and O–H groups in total. The highest BCUT2D eigenvalue weighted by molar-refractivity contribution is 6.19. The fraction of sp³-hybridized carbons (Fsp3) is 0.333. The SMILES string of the molecule is C=C/C=C(\C=C)C1=NC(C=C)(C(C)CC(C)(C)C=O)c2nnc(C)n2C(/C=C\C)=C1C=C. The lowest BCUT2D eigenvalue weighted by Gasteiger charge is -2.35. The summed E-state index contributed by atoms with van der Waals surface area (Å²) in [5.74, 6) is 1.27. The highest BCUT2D eigenvalue weighted by Crippen LogP contribution is 2.44. The van der Waals surface area contributed by atoms with Crippen molar-refractivity contribution in [1.82, 2.24) is 14.8 Å². The molecule has 168 valence electrons. The number of hydrogen-bond donors (Lipinski definition) is 0. The lowest BCUT2D eigenvalue weighted by atomic mass is 9.74. The Morgan fingerprint density at radius 3 is 2.41 bits per heavy atom. The van der Waals surface area contributed by atoms with E-state index in [0.29, 0.717) is 18.0 Å². The van der Waals surface area contributed by atoms with Crippen LogP contribution in [0.3, 0.4) is 0 Å². The minimum absolute atomic E-state index is 0.108. The molecule has 0 radical (unpaired) electrons. The fourth-order valence-corrected chi connectivity index (χ4v) is 4.22. The summed E-state index contributed by atoms with van der Waals surface area (Å²) in [6.45, 7) is 25.9. The van der Waals surface area contributed by atoms with Gasteiger partial charge >= 0.3 is 0 Å². The second kappa shape index (κ2) is 9.86. The van der Waals surface area contributed by atoms with Gasteiger partial charge in [-0.2, -0.15) is 0 Å². The van der Waals surface area contributed by atoms with Gasteiger partial charge in [0.05, 0.1) is 11.4 Å². The van der Waals surface area contributed by atoms with Crippen molar-refractivity contribution in [2.75, 3.05) is 0 Å². The standard InChI is InChI=1S/C27H34N4O/c1-10-15-21(12-3)24-22(13-4)23(16-11-2)31-20(7)29-30-25(31)27(14-5,28-24)19(6)17-26(8,9)18-32/h10-16,18-19H,1,3-5,17H2,2,6-9H3/b16-11-,21-15+. The van der Waals surface area contributed by atoms with Crippen molar-refractivity contribution in [3.05, 3.63) is 91.6 Å². The van der Waals surface area contributed by atoms with Crippen LogP contribution < -0.4 is 0 Å². The number of nitrogens with zero attached hydrogens (tertiary/aromatic N) is 4. The number of carbonyl (C=O) groups excluding carboxylic acids is 1. The molecule has 0 fully saturated rings. The highest BCUT2D eigenvalue weighted by atomic mass is 16.1. The van der Waals surface area contributed by atoms with E-state index in [2.05, 4.69) is 43.4 Å². The number of fused-ring (bicyclic) bond motifs is 1. The minimum Gasteiger partial charge on any atom is -0.303 e. The third-order valence-electron chi connectivity index (χ3n) is 5.79. The van der Waals surface area contributed by atoms with Gasteiger partial charge < -0.3 is 4.79 Å². The van der Waals surface area contributed by atoms with E-state index in [1.54, 1.807) is 18.2 Å². The topological polar surface area (TPSA) is 60.1 Å². The summed E-state index contributed by atoms with van der Waals surface area (Å²) in [5, 5.41) is 8.95. The van der Waals surface area contributed by atoms with Crippen molar-refractivity contribution in [1.29, 1.82) is 0 Å². The van der Waals surface area contributed by atoms with Gasteiger partial charge in [0.2, 0.25) is 0 Å². The minimum atomic E-state index is -0.933. The highest BCUT2D eigenvalue weighted by Gasteiger charge is 2.44. The van der Waals surface area contributed by atoms with Gasteiger partial charge in [0.1, 0.15) is 17.6 Å². The summed E-state index contributed by atoms with van der Waals surface area (Å²) in [5.41, 5.74) is 1.74. The Morgan fingerprint density at radius 1 is 1.22 bits per heavy atom. The molecule has 1 aliphatic rings. The molecule has 2 rings (SSSR count). The number of allylic oxidation sites excluding steroid dienone is 9. The summed E-state index contributed by atoms with van der Waals surface area (Å²) < 4.78 is 2.01. The first-order valence-electron chi connectivity index (χ1n) is 10.7. The van der Waals surface area contributed by atoms with Crippen molar-refractivity contribution < 1.29 is 4.79 Å². The van der Waals surface area contributed by atoms with Crippen LogP contribution in [0.5, 0.6) is 0 Å². The Balaban J connectivity index is 3.06.